The normalized spacial score (nSPS) is 11.9. The van der Waals surface area contributed by atoms with Gasteiger partial charge in [-0.25, -0.2) is 4.31 Å². The van der Waals surface area contributed by atoms with E-state index >= 15 is 0 Å². The fourth-order valence-electron chi connectivity index (χ4n) is 1.10. The van der Waals surface area contributed by atoms with Crippen molar-refractivity contribution in [2.75, 3.05) is 10.8 Å². The molecule has 0 unspecified atom stereocenters. The lowest BCUT2D eigenvalue weighted by Gasteiger charge is -2.22. The van der Waals surface area contributed by atoms with Crippen molar-refractivity contribution >= 4 is 15.7 Å². The minimum absolute atomic E-state index is 0.0208. The highest BCUT2D eigenvalue weighted by Crippen LogP contribution is 2.30. The first-order valence-corrected chi connectivity index (χ1v) is 5.75. The van der Waals surface area contributed by atoms with Gasteiger partial charge in [0, 0.05) is 0 Å². The van der Waals surface area contributed by atoms with Crippen LogP contribution in [0.5, 0.6) is 0 Å². The van der Waals surface area contributed by atoms with Gasteiger partial charge in [0.2, 0.25) is 0 Å². The Morgan fingerprint density at radius 3 is 2.18 bits per heavy atom. The number of rotatable bonds is 3. The molecule has 0 N–H and O–H groups in total. The van der Waals surface area contributed by atoms with Gasteiger partial charge in [-0.1, -0.05) is 18.2 Å². The maximum Gasteiger partial charge on any atom is 0.516 e. The Kier molecular flexibility index (Phi) is 3.63. The fourth-order valence-corrected chi connectivity index (χ4v) is 1.98. The van der Waals surface area contributed by atoms with Crippen LogP contribution in [-0.4, -0.2) is 20.5 Å². The van der Waals surface area contributed by atoms with Crippen LogP contribution >= 0.6 is 0 Å². The van der Waals surface area contributed by atoms with Crippen LogP contribution in [0.15, 0.2) is 30.3 Å². The highest BCUT2D eigenvalue weighted by atomic mass is 32.2. The van der Waals surface area contributed by atoms with Gasteiger partial charge < -0.3 is 0 Å². The number of nitriles is 1. The van der Waals surface area contributed by atoms with E-state index in [2.05, 4.69) is 0 Å². The van der Waals surface area contributed by atoms with Crippen LogP contribution in [0.1, 0.15) is 0 Å². The molecule has 0 aliphatic rings. The molecule has 92 valence electrons. The number of nitrogens with zero attached hydrogens (tertiary/aromatic N) is 2. The highest BCUT2D eigenvalue weighted by molar-refractivity contribution is 7.93. The van der Waals surface area contributed by atoms with Crippen molar-refractivity contribution in [1.82, 2.24) is 0 Å². The maximum atomic E-state index is 12.4. The van der Waals surface area contributed by atoms with Crippen LogP contribution in [0.2, 0.25) is 0 Å². The Bertz CT molecular complexity index is 519. The molecule has 0 saturated carbocycles. The van der Waals surface area contributed by atoms with Gasteiger partial charge in [0.05, 0.1) is 11.8 Å². The molecule has 0 aliphatic heterocycles. The lowest BCUT2D eigenvalue weighted by Crippen LogP contribution is -2.41. The summed E-state index contributed by atoms with van der Waals surface area (Å²) in [5, 5.41) is 8.40. The van der Waals surface area contributed by atoms with Gasteiger partial charge in [-0.2, -0.15) is 26.9 Å². The van der Waals surface area contributed by atoms with E-state index in [1.807, 2.05) is 0 Å². The number of benzene rings is 1. The molecule has 0 aromatic heterocycles. The van der Waals surface area contributed by atoms with E-state index in [0.29, 0.717) is 0 Å². The average Bonchev–Trinajstić information content (AvgIpc) is 2.25. The first kappa shape index (κ1) is 13.3. The topological polar surface area (TPSA) is 61.2 Å². The molecule has 1 aromatic rings. The number of anilines is 1. The molecular weight excluding hydrogens is 257 g/mol. The molecule has 0 aliphatic carbocycles. The average molecular weight is 264 g/mol. The van der Waals surface area contributed by atoms with Crippen LogP contribution in [0.3, 0.4) is 0 Å². The molecule has 0 amide bonds. The predicted octanol–water partition coefficient (Wildman–Crippen LogP) is 1.87. The SMILES string of the molecule is N#CCN(c1ccccc1)S(=O)(=O)C(F)(F)F. The van der Waals surface area contributed by atoms with E-state index < -0.39 is 22.1 Å². The third-order valence-electron chi connectivity index (χ3n) is 1.84. The number of sulfonamides is 1. The predicted molar refractivity (Wildman–Crippen MR) is 54.4 cm³/mol. The lowest BCUT2D eigenvalue weighted by atomic mass is 10.3. The second-order valence-electron chi connectivity index (χ2n) is 2.95. The number of hydrogen-bond donors (Lipinski definition) is 0. The molecule has 1 rings (SSSR count). The third-order valence-corrected chi connectivity index (χ3v) is 3.35. The second-order valence-corrected chi connectivity index (χ2v) is 4.80. The van der Waals surface area contributed by atoms with Crippen LogP contribution in [0.25, 0.3) is 0 Å². The Morgan fingerprint density at radius 2 is 1.76 bits per heavy atom. The van der Waals surface area contributed by atoms with Crippen LogP contribution in [0, 0.1) is 11.3 Å². The summed E-state index contributed by atoms with van der Waals surface area (Å²) in [6, 6.07) is 8.04. The van der Waals surface area contributed by atoms with Crippen molar-refractivity contribution in [2.24, 2.45) is 0 Å². The number of hydrogen-bond acceptors (Lipinski definition) is 3. The summed E-state index contributed by atoms with van der Waals surface area (Å²) in [7, 11) is -5.54. The third kappa shape index (κ3) is 2.68. The van der Waals surface area contributed by atoms with E-state index in [1.165, 1.54) is 36.4 Å². The summed E-state index contributed by atoms with van der Waals surface area (Å²) < 4.78 is 59.5. The fraction of sp³-hybridized carbons (Fsp3) is 0.222. The van der Waals surface area contributed by atoms with E-state index in [0.717, 1.165) is 0 Å². The minimum Gasteiger partial charge on any atom is -0.249 e. The summed E-state index contributed by atoms with van der Waals surface area (Å²) >= 11 is 0. The highest BCUT2D eigenvalue weighted by Gasteiger charge is 2.50. The summed E-state index contributed by atoms with van der Waals surface area (Å²) in [6.45, 7) is -0.897. The van der Waals surface area contributed by atoms with Gasteiger partial charge in [-0.05, 0) is 12.1 Å². The summed E-state index contributed by atoms with van der Waals surface area (Å²) in [6.07, 6.45) is 0. The summed E-state index contributed by atoms with van der Waals surface area (Å²) in [5.74, 6) is 0. The van der Waals surface area contributed by atoms with Crippen LogP contribution < -0.4 is 4.31 Å². The largest absolute Gasteiger partial charge is 0.516 e. The first-order chi connectivity index (χ1) is 7.80. The number of alkyl halides is 3. The number of halogens is 3. The van der Waals surface area contributed by atoms with Gasteiger partial charge in [-0.15, -0.1) is 0 Å². The molecule has 0 heterocycles. The Labute approximate surface area is 95.9 Å². The van der Waals surface area contributed by atoms with Gasteiger partial charge in [-0.3, -0.25) is 0 Å². The zero-order valence-electron chi connectivity index (χ0n) is 8.35. The lowest BCUT2D eigenvalue weighted by molar-refractivity contribution is -0.0437. The van der Waals surface area contributed by atoms with Crippen LogP contribution in [-0.2, 0) is 10.0 Å². The van der Waals surface area contributed by atoms with E-state index in [4.69, 9.17) is 5.26 Å². The molecular formula is C9H7F3N2O2S. The van der Waals surface area contributed by atoms with Crippen molar-refractivity contribution in [3.05, 3.63) is 30.3 Å². The van der Waals surface area contributed by atoms with Crippen molar-refractivity contribution < 1.29 is 21.6 Å². The zero-order valence-corrected chi connectivity index (χ0v) is 9.16. The smallest absolute Gasteiger partial charge is 0.249 e. The molecule has 17 heavy (non-hydrogen) atoms. The maximum absolute atomic E-state index is 12.4. The molecule has 0 saturated heterocycles. The van der Waals surface area contributed by atoms with Crippen molar-refractivity contribution in [3.8, 4) is 6.07 Å². The Morgan fingerprint density at radius 1 is 1.24 bits per heavy atom. The van der Waals surface area contributed by atoms with Gasteiger partial charge >= 0.3 is 15.5 Å². The molecule has 0 fully saturated rings. The molecule has 0 bridgehead atoms. The summed E-state index contributed by atoms with van der Waals surface area (Å²) in [5.41, 5.74) is -5.63. The summed E-state index contributed by atoms with van der Waals surface area (Å²) in [4.78, 5) is 0. The van der Waals surface area contributed by atoms with Gasteiger partial charge in [0.15, 0.2) is 0 Å². The second kappa shape index (κ2) is 4.63. The Balaban J connectivity index is 3.26. The molecule has 4 nitrogen and oxygen atoms in total. The van der Waals surface area contributed by atoms with Crippen molar-refractivity contribution in [3.63, 3.8) is 0 Å². The van der Waals surface area contributed by atoms with Gasteiger partial charge in [0.25, 0.3) is 0 Å². The van der Waals surface area contributed by atoms with E-state index in [9.17, 15) is 21.6 Å². The van der Waals surface area contributed by atoms with Gasteiger partial charge in [0.1, 0.15) is 6.54 Å². The minimum atomic E-state index is -5.54. The van der Waals surface area contributed by atoms with E-state index in [-0.39, 0.29) is 9.99 Å². The quantitative estimate of drug-likeness (QED) is 0.783. The number of para-hydroxylation sites is 1. The molecule has 0 atom stereocenters. The van der Waals surface area contributed by atoms with E-state index in [1.54, 1.807) is 0 Å². The monoisotopic (exact) mass is 264 g/mol. The standard InChI is InChI=1S/C9H7F3N2O2S/c10-9(11,12)17(15,16)14(7-6-13)8-4-2-1-3-5-8/h1-5H,7H2. The molecule has 8 heteroatoms. The zero-order chi connectivity index (χ0) is 13.1. The molecule has 0 spiro atoms. The molecule has 0 radical (unpaired) electrons. The van der Waals surface area contributed by atoms with Crippen molar-refractivity contribution in [2.45, 2.75) is 5.51 Å². The molecule has 1 aromatic carbocycles. The first-order valence-electron chi connectivity index (χ1n) is 4.31. The van der Waals surface area contributed by atoms with Crippen LogP contribution in [0.4, 0.5) is 18.9 Å². The van der Waals surface area contributed by atoms with Crippen molar-refractivity contribution in [1.29, 1.82) is 5.26 Å². The Hall–Kier alpha value is -1.75.